The summed E-state index contributed by atoms with van der Waals surface area (Å²) < 4.78 is 2.08. The van der Waals surface area contributed by atoms with E-state index in [2.05, 4.69) is 14.9 Å². The molecule has 1 aliphatic rings. The third-order valence-electron chi connectivity index (χ3n) is 3.70. The fourth-order valence-electron chi connectivity index (χ4n) is 2.68. The number of nitrogens with one attached hydrogen (secondary N) is 1. The lowest BCUT2D eigenvalue weighted by Gasteiger charge is -2.12. The number of nitro groups is 1. The van der Waals surface area contributed by atoms with Gasteiger partial charge in [-0.1, -0.05) is 12.1 Å². The van der Waals surface area contributed by atoms with E-state index in [9.17, 15) is 10.1 Å². The summed E-state index contributed by atoms with van der Waals surface area (Å²) in [6, 6.07) is 6.76. The van der Waals surface area contributed by atoms with E-state index in [0.29, 0.717) is 12.5 Å². The van der Waals surface area contributed by atoms with Crippen LogP contribution in [0.25, 0.3) is 0 Å². The Balaban J connectivity index is 1.82. The molecule has 1 unspecified atom stereocenters. The number of non-ortho nitro benzene ring substituents is 1. The first-order chi connectivity index (χ1) is 9.74. The van der Waals surface area contributed by atoms with E-state index in [-0.39, 0.29) is 10.6 Å². The lowest BCUT2D eigenvalue weighted by Crippen LogP contribution is -2.12. The highest BCUT2D eigenvalue weighted by Crippen LogP contribution is 2.23. The molecule has 3 rings (SSSR count). The predicted molar refractivity (Wildman–Crippen MR) is 74.7 cm³/mol. The zero-order chi connectivity index (χ0) is 13.9. The molecule has 0 bridgehead atoms. The molecule has 0 amide bonds. The topological polar surface area (TPSA) is 73.0 Å². The van der Waals surface area contributed by atoms with Gasteiger partial charge in [0.15, 0.2) is 0 Å². The molecule has 20 heavy (non-hydrogen) atoms. The van der Waals surface area contributed by atoms with E-state index in [4.69, 9.17) is 0 Å². The third-order valence-corrected chi connectivity index (χ3v) is 3.70. The molecule has 0 radical (unpaired) electrons. The number of aromatic nitrogens is 2. The molecule has 104 valence electrons. The molecular formula is C14H16N4O2. The first-order valence-corrected chi connectivity index (χ1v) is 6.68. The highest BCUT2D eigenvalue weighted by Gasteiger charge is 2.20. The number of nitrogens with zero attached hydrogens (tertiary/aromatic N) is 3. The van der Waals surface area contributed by atoms with Gasteiger partial charge in [-0.25, -0.2) is 4.98 Å². The summed E-state index contributed by atoms with van der Waals surface area (Å²) in [6.45, 7) is 2.63. The monoisotopic (exact) mass is 272 g/mol. The smallest absolute Gasteiger partial charge is 0.269 e. The molecule has 0 saturated carbocycles. The van der Waals surface area contributed by atoms with E-state index in [1.165, 1.54) is 11.8 Å². The van der Waals surface area contributed by atoms with E-state index < -0.39 is 0 Å². The number of benzene rings is 1. The van der Waals surface area contributed by atoms with Crippen LogP contribution in [0.5, 0.6) is 0 Å². The van der Waals surface area contributed by atoms with Crippen LogP contribution in [-0.4, -0.2) is 27.6 Å². The summed E-state index contributed by atoms with van der Waals surface area (Å²) in [5.74, 6) is 0.483. The standard InChI is InChI=1S/C14H16N4O2/c19-18(20)13-3-1-2-11(6-13)9-17-10-16-8-14(17)12-4-5-15-7-12/h1-3,6,8,10,12,15H,4-5,7,9H2. The number of nitro benzene ring substituents is 1. The molecule has 0 aliphatic carbocycles. The zero-order valence-electron chi connectivity index (χ0n) is 11.0. The van der Waals surface area contributed by atoms with Gasteiger partial charge in [0.2, 0.25) is 0 Å². The zero-order valence-corrected chi connectivity index (χ0v) is 11.0. The van der Waals surface area contributed by atoms with Gasteiger partial charge in [-0.2, -0.15) is 0 Å². The average molecular weight is 272 g/mol. The second-order valence-corrected chi connectivity index (χ2v) is 5.06. The molecule has 0 spiro atoms. The van der Waals surface area contributed by atoms with Crippen LogP contribution >= 0.6 is 0 Å². The number of hydrogen-bond donors (Lipinski definition) is 1. The Morgan fingerprint density at radius 3 is 3.15 bits per heavy atom. The van der Waals surface area contributed by atoms with Gasteiger partial charge in [0.25, 0.3) is 5.69 Å². The van der Waals surface area contributed by atoms with Gasteiger partial charge in [-0.05, 0) is 18.5 Å². The Kier molecular flexibility index (Phi) is 3.47. The molecule has 2 aromatic rings. The summed E-state index contributed by atoms with van der Waals surface area (Å²) in [4.78, 5) is 14.7. The molecule has 1 N–H and O–H groups in total. The summed E-state index contributed by atoms with van der Waals surface area (Å²) >= 11 is 0. The summed E-state index contributed by atoms with van der Waals surface area (Å²) in [5, 5.41) is 14.2. The quantitative estimate of drug-likeness (QED) is 0.681. The third kappa shape index (κ3) is 2.55. The minimum absolute atomic E-state index is 0.131. The van der Waals surface area contributed by atoms with Crippen LogP contribution in [0.3, 0.4) is 0 Å². The van der Waals surface area contributed by atoms with Crippen LogP contribution < -0.4 is 5.32 Å². The van der Waals surface area contributed by atoms with Crippen molar-refractivity contribution in [2.24, 2.45) is 0 Å². The predicted octanol–water partition coefficient (Wildman–Crippen LogP) is 1.92. The van der Waals surface area contributed by atoms with Crippen molar-refractivity contribution in [2.75, 3.05) is 13.1 Å². The first kappa shape index (κ1) is 12.8. The second kappa shape index (κ2) is 5.42. The molecule has 2 heterocycles. The summed E-state index contributed by atoms with van der Waals surface area (Å²) in [5.41, 5.74) is 2.25. The fraction of sp³-hybridized carbons (Fsp3) is 0.357. The second-order valence-electron chi connectivity index (χ2n) is 5.06. The minimum Gasteiger partial charge on any atom is -0.330 e. The van der Waals surface area contributed by atoms with E-state index in [1.54, 1.807) is 18.5 Å². The van der Waals surface area contributed by atoms with Crippen molar-refractivity contribution in [2.45, 2.75) is 18.9 Å². The van der Waals surface area contributed by atoms with Gasteiger partial charge >= 0.3 is 0 Å². The SMILES string of the molecule is O=[N+]([O-])c1cccc(Cn2cncc2C2CCNC2)c1. The van der Waals surface area contributed by atoms with E-state index in [1.807, 2.05) is 12.3 Å². The van der Waals surface area contributed by atoms with Crippen LogP contribution in [-0.2, 0) is 6.54 Å². The molecule has 1 atom stereocenters. The fourth-order valence-corrected chi connectivity index (χ4v) is 2.68. The van der Waals surface area contributed by atoms with Crippen molar-refractivity contribution >= 4 is 5.69 Å². The van der Waals surface area contributed by atoms with Gasteiger partial charge < -0.3 is 9.88 Å². The molecule has 6 heteroatoms. The molecule has 1 aliphatic heterocycles. The highest BCUT2D eigenvalue weighted by molar-refractivity contribution is 5.34. The van der Waals surface area contributed by atoms with Crippen molar-refractivity contribution in [3.8, 4) is 0 Å². The van der Waals surface area contributed by atoms with Gasteiger partial charge in [-0.15, -0.1) is 0 Å². The average Bonchev–Trinajstić information content (AvgIpc) is 3.09. The highest BCUT2D eigenvalue weighted by atomic mass is 16.6. The number of rotatable bonds is 4. The van der Waals surface area contributed by atoms with Crippen molar-refractivity contribution < 1.29 is 4.92 Å². The van der Waals surface area contributed by atoms with Crippen molar-refractivity contribution in [3.05, 3.63) is 58.2 Å². The lowest BCUT2D eigenvalue weighted by atomic mass is 10.1. The van der Waals surface area contributed by atoms with Crippen molar-refractivity contribution in [1.82, 2.24) is 14.9 Å². The maximum Gasteiger partial charge on any atom is 0.269 e. The van der Waals surface area contributed by atoms with E-state index >= 15 is 0 Å². The molecule has 1 fully saturated rings. The Labute approximate surface area is 116 Å². The van der Waals surface area contributed by atoms with E-state index in [0.717, 1.165) is 25.1 Å². The molecular weight excluding hydrogens is 256 g/mol. The van der Waals surface area contributed by atoms with Crippen LogP contribution in [0.4, 0.5) is 5.69 Å². The molecule has 1 saturated heterocycles. The minimum atomic E-state index is -0.362. The molecule has 6 nitrogen and oxygen atoms in total. The summed E-state index contributed by atoms with van der Waals surface area (Å²) in [6.07, 6.45) is 4.81. The first-order valence-electron chi connectivity index (χ1n) is 6.68. The van der Waals surface area contributed by atoms with Gasteiger partial charge in [0.05, 0.1) is 11.3 Å². The maximum atomic E-state index is 10.8. The lowest BCUT2D eigenvalue weighted by molar-refractivity contribution is -0.384. The molecule has 1 aromatic carbocycles. The van der Waals surface area contributed by atoms with Crippen LogP contribution in [0.1, 0.15) is 23.6 Å². The molecule has 1 aromatic heterocycles. The largest absolute Gasteiger partial charge is 0.330 e. The van der Waals surface area contributed by atoms with Crippen LogP contribution in [0.2, 0.25) is 0 Å². The van der Waals surface area contributed by atoms with Crippen LogP contribution in [0, 0.1) is 10.1 Å². The Hall–Kier alpha value is -2.21. The normalized spacial score (nSPS) is 18.3. The van der Waals surface area contributed by atoms with Crippen LogP contribution in [0.15, 0.2) is 36.8 Å². The van der Waals surface area contributed by atoms with Crippen molar-refractivity contribution in [1.29, 1.82) is 0 Å². The van der Waals surface area contributed by atoms with Crippen molar-refractivity contribution in [3.63, 3.8) is 0 Å². The van der Waals surface area contributed by atoms with Gasteiger partial charge in [-0.3, -0.25) is 10.1 Å². The number of hydrogen-bond acceptors (Lipinski definition) is 4. The van der Waals surface area contributed by atoms with Gasteiger partial charge in [0.1, 0.15) is 0 Å². The maximum absolute atomic E-state index is 10.8. The number of imidazole rings is 1. The summed E-state index contributed by atoms with van der Waals surface area (Å²) in [7, 11) is 0. The Bertz CT molecular complexity index is 617. The Morgan fingerprint density at radius 1 is 1.50 bits per heavy atom. The Morgan fingerprint density at radius 2 is 2.40 bits per heavy atom. The van der Waals surface area contributed by atoms with Gasteiger partial charge in [0, 0.05) is 43.0 Å².